The van der Waals surface area contributed by atoms with Gasteiger partial charge in [-0.05, 0) is 36.4 Å². The Morgan fingerprint density at radius 2 is 1.59 bits per heavy atom. The zero-order valence-corrected chi connectivity index (χ0v) is 15.4. The fourth-order valence-electron chi connectivity index (χ4n) is 1.49. The van der Waals surface area contributed by atoms with Gasteiger partial charge in [0.25, 0.3) is 10.0 Å². The Kier molecular flexibility index (Phi) is 5.74. The standard InChI is InChI=1S/C13H8BrCl3N2O2S/c14-8-1-3-9(4-2-8)22(20,21)19-18-7-10-11(15)5-6-12(16)13(10)17/h1-7,19H/b18-7+. The normalized spacial score (nSPS) is 11.8. The van der Waals surface area contributed by atoms with Crippen molar-refractivity contribution in [3.8, 4) is 0 Å². The van der Waals surface area contributed by atoms with Gasteiger partial charge in [0.05, 0.1) is 26.2 Å². The summed E-state index contributed by atoms with van der Waals surface area (Å²) >= 11 is 21.1. The molecule has 0 aliphatic rings. The molecular weight excluding hydrogens is 434 g/mol. The molecule has 1 N–H and O–H groups in total. The van der Waals surface area contributed by atoms with Gasteiger partial charge in [0.15, 0.2) is 0 Å². The van der Waals surface area contributed by atoms with Gasteiger partial charge in [0, 0.05) is 10.0 Å². The van der Waals surface area contributed by atoms with Crippen molar-refractivity contribution in [2.75, 3.05) is 0 Å². The Bertz CT molecular complexity index is 824. The van der Waals surface area contributed by atoms with E-state index in [1.807, 2.05) is 0 Å². The van der Waals surface area contributed by atoms with Crippen molar-refractivity contribution in [1.29, 1.82) is 0 Å². The lowest BCUT2D eigenvalue weighted by atomic mass is 10.2. The molecule has 0 unspecified atom stereocenters. The predicted octanol–water partition coefficient (Wildman–Crippen LogP) is 4.72. The van der Waals surface area contributed by atoms with Gasteiger partial charge in [-0.1, -0.05) is 50.7 Å². The molecule has 4 nitrogen and oxygen atoms in total. The topological polar surface area (TPSA) is 58.5 Å². The molecule has 2 aromatic rings. The van der Waals surface area contributed by atoms with Gasteiger partial charge in [-0.2, -0.15) is 13.5 Å². The van der Waals surface area contributed by atoms with E-state index in [0.717, 1.165) is 4.47 Å². The lowest BCUT2D eigenvalue weighted by Gasteiger charge is -2.05. The van der Waals surface area contributed by atoms with E-state index in [2.05, 4.69) is 25.9 Å². The van der Waals surface area contributed by atoms with Crippen molar-refractivity contribution in [2.24, 2.45) is 5.10 Å². The fraction of sp³-hybridized carbons (Fsp3) is 0. The van der Waals surface area contributed by atoms with E-state index < -0.39 is 10.0 Å². The molecule has 0 heterocycles. The average Bonchev–Trinajstić information content (AvgIpc) is 2.47. The molecule has 0 bridgehead atoms. The van der Waals surface area contributed by atoms with E-state index in [4.69, 9.17) is 34.8 Å². The molecule has 0 aliphatic carbocycles. The van der Waals surface area contributed by atoms with Crippen LogP contribution >= 0.6 is 50.7 Å². The minimum absolute atomic E-state index is 0.0798. The van der Waals surface area contributed by atoms with Crippen molar-refractivity contribution in [1.82, 2.24) is 4.83 Å². The Balaban J connectivity index is 2.22. The van der Waals surface area contributed by atoms with Crippen LogP contribution in [0.2, 0.25) is 15.1 Å². The highest BCUT2D eigenvalue weighted by Gasteiger charge is 2.13. The second kappa shape index (κ2) is 7.19. The first-order valence-corrected chi connectivity index (χ1v) is 9.16. The molecular formula is C13H8BrCl3N2O2S. The molecule has 22 heavy (non-hydrogen) atoms. The molecule has 0 amide bonds. The van der Waals surface area contributed by atoms with Gasteiger partial charge in [0.2, 0.25) is 0 Å². The molecule has 2 rings (SSSR count). The van der Waals surface area contributed by atoms with Gasteiger partial charge in [-0.15, -0.1) is 0 Å². The summed E-state index contributed by atoms with van der Waals surface area (Å²) in [6.07, 6.45) is 1.20. The third kappa shape index (κ3) is 4.14. The van der Waals surface area contributed by atoms with Crippen LogP contribution in [0, 0.1) is 0 Å². The van der Waals surface area contributed by atoms with Crippen LogP contribution in [0.1, 0.15) is 5.56 Å². The highest BCUT2D eigenvalue weighted by molar-refractivity contribution is 9.10. The summed E-state index contributed by atoms with van der Waals surface area (Å²) in [5, 5.41) is 4.47. The van der Waals surface area contributed by atoms with E-state index in [-0.39, 0.29) is 9.92 Å². The van der Waals surface area contributed by atoms with Crippen LogP contribution in [-0.2, 0) is 10.0 Å². The summed E-state index contributed by atoms with van der Waals surface area (Å²) < 4.78 is 24.8. The van der Waals surface area contributed by atoms with Crippen molar-refractivity contribution >= 4 is 67.0 Å². The van der Waals surface area contributed by atoms with Crippen LogP contribution in [0.3, 0.4) is 0 Å². The van der Waals surface area contributed by atoms with Crippen molar-refractivity contribution in [3.05, 3.63) is 61.5 Å². The zero-order chi connectivity index (χ0) is 16.3. The quantitative estimate of drug-likeness (QED) is 0.423. The molecule has 2 aromatic carbocycles. The Morgan fingerprint density at radius 3 is 2.23 bits per heavy atom. The molecule has 0 atom stereocenters. The van der Waals surface area contributed by atoms with Crippen LogP contribution in [0.15, 0.2) is 50.9 Å². The monoisotopic (exact) mass is 440 g/mol. The number of hydrogen-bond donors (Lipinski definition) is 1. The maximum Gasteiger partial charge on any atom is 0.276 e. The number of halogens is 4. The van der Waals surface area contributed by atoms with E-state index in [0.29, 0.717) is 15.6 Å². The van der Waals surface area contributed by atoms with Crippen LogP contribution in [-0.4, -0.2) is 14.6 Å². The Labute approximate surface area is 151 Å². The Hall–Kier alpha value is -0.790. The SMILES string of the molecule is O=S(=O)(N/N=C/c1c(Cl)ccc(Cl)c1Cl)c1ccc(Br)cc1. The molecule has 9 heteroatoms. The number of nitrogens with one attached hydrogen (secondary N) is 1. The minimum atomic E-state index is -3.77. The summed E-state index contributed by atoms with van der Waals surface area (Å²) in [5.41, 5.74) is 0.328. The van der Waals surface area contributed by atoms with Gasteiger partial charge < -0.3 is 0 Å². The number of hydrazone groups is 1. The van der Waals surface area contributed by atoms with Gasteiger partial charge in [-0.3, -0.25) is 0 Å². The van der Waals surface area contributed by atoms with Crippen molar-refractivity contribution in [2.45, 2.75) is 4.90 Å². The molecule has 116 valence electrons. The van der Waals surface area contributed by atoms with Crippen LogP contribution in [0.25, 0.3) is 0 Å². The molecule has 0 aromatic heterocycles. The maximum absolute atomic E-state index is 12.0. The highest BCUT2D eigenvalue weighted by Crippen LogP contribution is 2.30. The maximum atomic E-state index is 12.0. The number of sulfonamides is 1. The second-order valence-electron chi connectivity index (χ2n) is 4.06. The lowest BCUT2D eigenvalue weighted by molar-refractivity contribution is 0.584. The van der Waals surface area contributed by atoms with Gasteiger partial charge in [0.1, 0.15) is 0 Å². The molecule has 0 saturated carbocycles. The summed E-state index contributed by atoms with van der Waals surface area (Å²) in [7, 11) is -3.77. The van der Waals surface area contributed by atoms with E-state index >= 15 is 0 Å². The molecule has 0 aliphatic heterocycles. The summed E-state index contributed by atoms with van der Waals surface area (Å²) in [6.45, 7) is 0. The van der Waals surface area contributed by atoms with Gasteiger partial charge >= 0.3 is 0 Å². The first-order valence-electron chi connectivity index (χ1n) is 5.75. The number of rotatable bonds is 4. The van der Waals surface area contributed by atoms with Crippen molar-refractivity contribution < 1.29 is 8.42 Å². The fourth-order valence-corrected chi connectivity index (χ4v) is 3.18. The smallest absolute Gasteiger partial charge is 0.200 e. The molecule has 0 saturated heterocycles. The van der Waals surface area contributed by atoms with E-state index in [1.165, 1.54) is 24.4 Å². The van der Waals surface area contributed by atoms with Crippen LogP contribution < -0.4 is 4.83 Å². The minimum Gasteiger partial charge on any atom is -0.200 e. The second-order valence-corrected chi connectivity index (χ2v) is 7.83. The number of hydrogen-bond acceptors (Lipinski definition) is 3. The van der Waals surface area contributed by atoms with Crippen molar-refractivity contribution in [3.63, 3.8) is 0 Å². The molecule has 0 radical (unpaired) electrons. The van der Waals surface area contributed by atoms with E-state index in [1.54, 1.807) is 18.2 Å². The highest BCUT2D eigenvalue weighted by atomic mass is 79.9. The first-order chi connectivity index (χ1) is 10.3. The average molecular weight is 443 g/mol. The van der Waals surface area contributed by atoms with Gasteiger partial charge in [-0.25, -0.2) is 4.83 Å². The lowest BCUT2D eigenvalue weighted by Crippen LogP contribution is -2.18. The molecule has 0 spiro atoms. The number of benzene rings is 2. The first kappa shape index (κ1) is 17.6. The summed E-state index contributed by atoms with van der Waals surface area (Å²) in [6, 6.07) is 9.20. The predicted molar refractivity (Wildman–Crippen MR) is 93.5 cm³/mol. The third-order valence-electron chi connectivity index (χ3n) is 2.57. The largest absolute Gasteiger partial charge is 0.276 e. The van der Waals surface area contributed by atoms with Crippen LogP contribution in [0.5, 0.6) is 0 Å². The third-order valence-corrected chi connectivity index (χ3v) is 5.49. The summed E-state index contributed by atoms with van der Waals surface area (Å²) in [5.74, 6) is 0. The van der Waals surface area contributed by atoms with Crippen LogP contribution in [0.4, 0.5) is 0 Å². The molecule has 0 fully saturated rings. The Morgan fingerprint density at radius 1 is 1.00 bits per heavy atom. The number of nitrogens with zero attached hydrogens (tertiary/aromatic N) is 1. The summed E-state index contributed by atoms with van der Waals surface area (Å²) in [4.78, 5) is 2.16. The zero-order valence-electron chi connectivity index (χ0n) is 10.7. The van der Waals surface area contributed by atoms with E-state index in [9.17, 15) is 8.42 Å².